The first-order valence-electron chi connectivity index (χ1n) is 7.34. The van der Waals surface area contributed by atoms with Gasteiger partial charge in [-0.3, -0.25) is 4.90 Å². The standard InChI is InChI=1S/C17H23NO2/c1-2-18(14-17-6-4-12-20-17)13-16-9-7-15(8-10-16)5-3-11-19/h7-10,17,19H,2,4,6,11-14H2,1H3. The third-order valence-corrected chi connectivity index (χ3v) is 3.60. The molecule has 1 aliphatic heterocycles. The summed E-state index contributed by atoms with van der Waals surface area (Å²) in [5.41, 5.74) is 2.24. The molecule has 2 rings (SSSR count). The quantitative estimate of drug-likeness (QED) is 0.833. The molecule has 0 aliphatic carbocycles. The minimum absolute atomic E-state index is 0.0905. The molecule has 108 valence electrons. The lowest BCUT2D eigenvalue weighted by molar-refractivity contribution is 0.0725. The van der Waals surface area contributed by atoms with E-state index < -0.39 is 0 Å². The highest BCUT2D eigenvalue weighted by Crippen LogP contribution is 2.15. The maximum absolute atomic E-state index is 8.68. The van der Waals surface area contributed by atoms with Crippen LogP contribution in [0.5, 0.6) is 0 Å². The summed E-state index contributed by atoms with van der Waals surface area (Å²) in [4.78, 5) is 2.42. The Kier molecular flexibility index (Phi) is 6.07. The Morgan fingerprint density at radius 1 is 1.35 bits per heavy atom. The van der Waals surface area contributed by atoms with Crippen LogP contribution in [0.3, 0.4) is 0 Å². The van der Waals surface area contributed by atoms with Crippen LogP contribution in [0.2, 0.25) is 0 Å². The second-order valence-corrected chi connectivity index (χ2v) is 5.12. The van der Waals surface area contributed by atoms with Gasteiger partial charge in [0.2, 0.25) is 0 Å². The summed E-state index contributed by atoms with van der Waals surface area (Å²) in [5.74, 6) is 5.58. The summed E-state index contributed by atoms with van der Waals surface area (Å²) in [7, 11) is 0. The van der Waals surface area contributed by atoms with Gasteiger partial charge in [0.25, 0.3) is 0 Å². The number of nitrogens with zero attached hydrogens (tertiary/aromatic N) is 1. The first kappa shape index (κ1) is 15.1. The van der Waals surface area contributed by atoms with E-state index in [1.165, 1.54) is 18.4 Å². The molecule has 1 N–H and O–H groups in total. The van der Waals surface area contributed by atoms with Gasteiger partial charge in [0.1, 0.15) is 6.61 Å². The van der Waals surface area contributed by atoms with Gasteiger partial charge in [-0.2, -0.15) is 0 Å². The molecular weight excluding hydrogens is 250 g/mol. The van der Waals surface area contributed by atoms with Gasteiger partial charge in [0, 0.05) is 25.3 Å². The fraction of sp³-hybridized carbons (Fsp3) is 0.529. The van der Waals surface area contributed by atoms with E-state index in [2.05, 4.69) is 35.8 Å². The van der Waals surface area contributed by atoms with Crippen LogP contribution in [0, 0.1) is 11.8 Å². The molecule has 0 amide bonds. The van der Waals surface area contributed by atoms with E-state index >= 15 is 0 Å². The lowest BCUT2D eigenvalue weighted by Gasteiger charge is -2.23. The number of benzene rings is 1. The molecule has 0 aromatic heterocycles. The summed E-state index contributed by atoms with van der Waals surface area (Å²) in [6, 6.07) is 8.24. The van der Waals surface area contributed by atoms with E-state index in [0.29, 0.717) is 6.10 Å². The summed E-state index contributed by atoms with van der Waals surface area (Å²) in [6.45, 7) is 6.02. The molecule has 1 unspecified atom stereocenters. The topological polar surface area (TPSA) is 32.7 Å². The lowest BCUT2D eigenvalue weighted by Crippen LogP contribution is -2.31. The van der Waals surface area contributed by atoms with Crippen LogP contribution < -0.4 is 0 Å². The molecule has 3 heteroatoms. The summed E-state index contributed by atoms with van der Waals surface area (Å²) >= 11 is 0. The highest BCUT2D eigenvalue weighted by atomic mass is 16.5. The van der Waals surface area contributed by atoms with Crippen molar-refractivity contribution in [2.75, 3.05) is 26.3 Å². The summed E-state index contributed by atoms with van der Waals surface area (Å²) in [5, 5.41) is 8.68. The van der Waals surface area contributed by atoms with Crippen LogP contribution in [-0.2, 0) is 11.3 Å². The predicted molar refractivity (Wildman–Crippen MR) is 80.3 cm³/mol. The van der Waals surface area contributed by atoms with Gasteiger partial charge in [0.05, 0.1) is 6.10 Å². The molecule has 1 saturated heterocycles. The van der Waals surface area contributed by atoms with Gasteiger partial charge in [-0.25, -0.2) is 0 Å². The molecule has 20 heavy (non-hydrogen) atoms. The van der Waals surface area contributed by atoms with Crippen LogP contribution in [-0.4, -0.2) is 42.4 Å². The number of aliphatic hydroxyl groups is 1. The minimum atomic E-state index is -0.0905. The third-order valence-electron chi connectivity index (χ3n) is 3.60. The average Bonchev–Trinajstić information content (AvgIpc) is 2.99. The van der Waals surface area contributed by atoms with Crippen molar-refractivity contribution in [3.63, 3.8) is 0 Å². The Morgan fingerprint density at radius 3 is 2.75 bits per heavy atom. The first-order valence-corrected chi connectivity index (χ1v) is 7.34. The normalized spacial score (nSPS) is 18.1. The van der Waals surface area contributed by atoms with Gasteiger partial charge in [-0.15, -0.1) is 0 Å². The van der Waals surface area contributed by atoms with Crippen molar-refractivity contribution in [3.05, 3.63) is 35.4 Å². The highest BCUT2D eigenvalue weighted by molar-refractivity contribution is 5.36. The largest absolute Gasteiger partial charge is 0.384 e. The smallest absolute Gasteiger partial charge is 0.104 e. The van der Waals surface area contributed by atoms with Crippen LogP contribution >= 0.6 is 0 Å². The van der Waals surface area contributed by atoms with Gasteiger partial charge < -0.3 is 9.84 Å². The van der Waals surface area contributed by atoms with Crippen LogP contribution in [0.1, 0.15) is 30.9 Å². The van der Waals surface area contributed by atoms with Crippen molar-refractivity contribution >= 4 is 0 Å². The maximum Gasteiger partial charge on any atom is 0.104 e. The molecule has 1 atom stereocenters. The second kappa shape index (κ2) is 8.06. The van der Waals surface area contributed by atoms with Crippen molar-refractivity contribution in [2.24, 2.45) is 0 Å². The molecule has 1 aliphatic rings. The fourth-order valence-electron chi connectivity index (χ4n) is 2.48. The van der Waals surface area contributed by atoms with Crippen molar-refractivity contribution in [1.29, 1.82) is 0 Å². The molecular formula is C17H23NO2. The van der Waals surface area contributed by atoms with Gasteiger partial charge in [-0.1, -0.05) is 30.9 Å². The van der Waals surface area contributed by atoms with Crippen molar-refractivity contribution in [3.8, 4) is 11.8 Å². The van der Waals surface area contributed by atoms with E-state index in [0.717, 1.165) is 31.8 Å². The number of likely N-dealkylation sites (N-methyl/N-ethyl adjacent to an activating group) is 1. The highest BCUT2D eigenvalue weighted by Gasteiger charge is 2.18. The third kappa shape index (κ3) is 4.64. The predicted octanol–water partition coefficient (Wildman–Crippen LogP) is 2.03. The molecule has 1 heterocycles. The van der Waals surface area contributed by atoms with Gasteiger partial charge >= 0.3 is 0 Å². The van der Waals surface area contributed by atoms with Crippen molar-refractivity contribution in [2.45, 2.75) is 32.4 Å². The lowest BCUT2D eigenvalue weighted by atomic mass is 10.1. The molecule has 1 fully saturated rings. The average molecular weight is 273 g/mol. The Balaban J connectivity index is 1.89. The molecule has 1 aromatic carbocycles. The first-order chi connectivity index (χ1) is 9.81. The molecule has 0 saturated carbocycles. The van der Waals surface area contributed by atoms with Crippen LogP contribution in [0.4, 0.5) is 0 Å². The molecule has 0 radical (unpaired) electrons. The zero-order valence-electron chi connectivity index (χ0n) is 12.1. The molecule has 0 spiro atoms. The van der Waals surface area contributed by atoms with Crippen molar-refractivity contribution in [1.82, 2.24) is 4.90 Å². The summed E-state index contributed by atoms with van der Waals surface area (Å²) < 4.78 is 5.70. The van der Waals surface area contributed by atoms with E-state index in [-0.39, 0.29) is 6.61 Å². The maximum atomic E-state index is 8.68. The van der Waals surface area contributed by atoms with Crippen LogP contribution in [0.25, 0.3) is 0 Å². The Bertz CT molecular complexity index is 452. The van der Waals surface area contributed by atoms with E-state index in [4.69, 9.17) is 9.84 Å². The zero-order chi connectivity index (χ0) is 14.2. The fourth-order valence-corrected chi connectivity index (χ4v) is 2.48. The Labute approximate surface area is 121 Å². The molecule has 3 nitrogen and oxygen atoms in total. The zero-order valence-corrected chi connectivity index (χ0v) is 12.1. The molecule has 1 aromatic rings. The monoisotopic (exact) mass is 273 g/mol. The van der Waals surface area contributed by atoms with E-state index in [1.807, 2.05) is 12.1 Å². The van der Waals surface area contributed by atoms with E-state index in [1.54, 1.807) is 0 Å². The minimum Gasteiger partial charge on any atom is -0.384 e. The second-order valence-electron chi connectivity index (χ2n) is 5.12. The number of aliphatic hydroxyl groups excluding tert-OH is 1. The van der Waals surface area contributed by atoms with Crippen molar-refractivity contribution < 1.29 is 9.84 Å². The SMILES string of the molecule is CCN(Cc1ccc(C#CCO)cc1)CC1CCCO1. The van der Waals surface area contributed by atoms with Crippen LogP contribution in [0.15, 0.2) is 24.3 Å². The Hall–Kier alpha value is -1.34. The van der Waals surface area contributed by atoms with Gasteiger partial charge in [-0.05, 0) is 37.1 Å². The number of rotatable bonds is 5. The van der Waals surface area contributed by atoms with Gasteiger partial charge in [0.15, 0.2) is 0 Å². The Morgan fingerprint density at radius 2 is 2.15 bits per heavy atom. The summed E-state index contributed by atoms with van der Waals surface area (Å²) in [6.07, 6.45) is 2.79. The molecule has 0 bridgehead atoms. The number of ether oxygens (including phenoxy) is 1. The number of hydrogen-bond acceptors (Lipinski definition) is 3. The van der Waals surface area contributed by atoms with E-state index in [9.17, 15) is 0 Å². The number of hydrogen-bond donors (Lipinski definition) is 1.